The average Bonchev–Trinajstić information content (AvgIpc) is 2.87. The van der Waals surface area contributed by atoms with E-state index in [0.29, 0.717) is 11.2 Å². The molecule has 1 fully saturated rings. The van der Waals surface area contributed by atoms with Crippen LogP contribution in [0, 0.1) is 5.92 Å². The van der Waals surface area contributed by atoms with E-state index in [0.717, 1.165) is 11.9 Å². The fourth-order valence-corrected chi connectivity index (χ4v) is 1.86. The highest BCUT2D eigenvalue weighted by Crippen LogP contribution is 2.29. The van der Waals surface area contributed by atoms with E-state index in [4.69, 9.17) is 5.73 Å². The number of hydrogen-bond donors (Lipinski definition) is 4. The van der Waals surface area contributed by atoms with Gasteiger partial charge in [-0.1, -0.05) is 0 Å². The fourth-order valence-electron chi connectivity index (χ4n) is 1.86. The van der Waals surface area contributed by atoms with E-state index in [1.165, 1.54) is 0 Å². The molecule has 17 heavy (non-hydrogen) atoms. The molecular weight excluding hydrogens is 220 g/mol. The lowest BCUT2D eigenvalue weighted by Gasteiger charge is -2.03. The van der Waals surface area contributed by atoms with Crippen molar-refractivity contribution in [1.82, 2.24) is 9.97 Å². The van der Waals surface area contributed by atoms with Crippen LogP contribution in [0.2, 0.25) is 0 Å². The summed E-state index contributed by atoms with van der Waals surface area (Å²) in [6.45, 7) is 0. The highest BCUT2D eigenvalue weighted by atomic mass is 16.2. The Hall–Kier alpha value is -2.08. The van der Waals surface area contributed by atoms with Gasteiger partial charge in [-0.2, -0.15) is 0 Å². The molecule has 2 atom stereocenters. The summed E-state index contributed by atoms with van der Waals surface area (Å²) in [7, 11) is 0. The molecule has 3 rings (SSSR count). The predicted octanol–water partition coefficient (Wildman–Crippen LogP) is 0.142. The molecule has 0 aliphatic heterocycles. The van der Waals surface area contributed by atoms with Crippen LogP contribution in [0.15, 0.2) is 23.0 Å². The Morgan fingerprint density at radius 2 is 2.06 bits per heavy atom. The van der Waals surface area contributed by atoms with Gasteiger partial charge in [-0.15, -0.1) is 0 Å². The maximum absolute atomic E-state index is 11.7. The summed E-state index contributed by atoms with van der Waals surface area (Å²) in [5.41, 5.74) is 7.40. The van der Waals surface area contributed by atoms with Crippen molar-refractivity contribution in [2.45, 2.75) is 12.5 Å². The number of carbonyl (C=O) groups excluding carboxylic acids is 1. The van der Waals surface area contributed by atoms with Gasteiger partial charge in [0, 0.05) is 11.7 Å². The molecule has 1 aliphatic carbocycles. The van der Waals surface area contributed by atoms with Crippen molar-refractivity contribution in [1.29, 1.82) is 0 Å². The van der Waals surface area contributed by atoms with E-state index in [-0.39, 0.29) is 23.6 Å². The van der Waals surface area contributed by atoms with E-state index < -0.39 is 0 Å². The summed E-state index contributed by atoms with van der Waals surface area (Å²) in [5, 5.41) is 2.78. The number of aromatic nitrogens is 2. The second-order valence-electron chi connectivity index (χ2n) is 4.33. The van der Waals surface area contributed by atoms with E-state index in [1.807, 2.05) is 0 Å². The number of fused-ring (bicyclic) bond motifs is 1. The van der Waals surface area contributed by atoms with Crippen LogP contribution in [0.1, 0.15) is 6.42 Å². The molecule has 0 radical (unpaired) electrons. The van der Waals surface area contributed by atoms with Gasteiger partial charge >= 0.3 is 5.69 Å². The SMILES string of the molecule is NC1CC1C(=O)Nc1ccc2[nH]c(=O)[nH]c2c1. The molecule has 88 valence electrons. The normalized spacial score (nSPS) is 22.6. The number of hydrogen-bond acceptors (Lipinski definition) is 3. The number of aromatic amines is 2. The van der Waals surface area contributed by atoms with Gasteiger partial charge in [0.1, 0.15) is 0 Å². The molecule has 0 saturated heterocycles. The van der Waals surface area contributed by atoms with Gasteiger partial charge in [-0.05, 0) is 24.6 Å². The number of imidazole rings is 1. The lowest BCUT2D eigenvalue weighted by Crippen LogP contribution is -2.18. The van der Waals surface area contributed by atoms with Crippen LogP contribution in [-0.4, -0.2) is 21.9 Å². The number of amides is 1. The molecule has 0 spiro atoms. The molecule has 2 unspecified atom stereocenters. The van der Waals surface area contributed by atoms with E-state index in [2.05, 4.69) is 15.3 Å². The standard InChI is InChI=1S/C11H12N4O2/c12-7-4-6(7)10(16)13-5-1-2-8-9(3-5)15-11(17)14-8/h1-3,6-7H,4,12H2,(H,13,16)(H2,14,15,17). The molecule has 1 aromatic heterocycles. The zero-order valence-electron chi connectivity index (χ0n) is 8.99. The van der Waals surface area contributed by atoms with Crippen LogP contribution < -0.4 is 16.7 Å². The summed E-state index contributed by atoms with van der Waals surface area (Å²) < 4.78 is 0. The number of rotatable bonds is 2. The molecule has 5 N–H and O–H groups in total. The van der Waals surface area contributed by atoms with Gasteiger partial charge in [0.05, 0.1) is 17.0 Å². The minimum absolute atomic E-state index is 0.00852. The summed E-state index contributed by atoms with van der Waals surface area (Å²) in [6, 6.07) is 5.21. The molecule has 1 aliphatic rings. The van der Waals surface area contributed by atoms with Crippen LogP contribution in [-0.2, 0) is 4.79 Å². The van der Waals surface area contributed by atoms with Crippen LogP contribution in [0.3, 0.4) is 0 Å². The third-order valence-corrected chi connectivity index (χ3v) is 2.96. The van der Waals surface area contributed by atoms with Gasteiger partial charge in [-0.3, -0.25) is 4.79 Å². The third kappa shape index (κ3) is 1.83. The Morgan fingerprint density at radius 3 is 2.76 bits per heavy atom. The highest BCUT2D eigenvalue weighted by molar-refractivity contribution is 5.96. The average molecular weight is 232 g/mol. The smallest absolute Gasteiger partial charge is 0.323 e. The first kappa shape index (κ1) is 10.1. The Morgan fingerprint density at radius 1 is 1.35 bits per heavy atom. The van der Waals surface area contributed by atoms with Crippen molar-refractivity contribution in [3.63, 3.8) is 0 Å². The minimum atomic E-state index is -0.257. The molecule has 1 heterocycles. The second-order valence-corrected chi connectivity index (χ2v) is 4.33. The largest absolute Gasteiger partial charge is 0.327 e. The molecule has 0 bridgehead atoms. The van der Waals surface area contributed by atoms with Crippen molar-refractivity contribution in [3.05, 3.63) is 28.7 Å². The van der Waals surface area contributed by atoms with Crippen LogP contribution in [0.25, 0.3) is 11.0 Å². The maximum Gasteiger partial charge on any atom is 0.323 e. The monoisotopic (exact) mass is 232 g/mol. The van der Waals surface area contributed by atoms with Crippen molar-refractivity contribution >= 4 is 22.6 Å². The van der Waals surface area contributed by atoms with Crippen molar-refractivity contribution < 1.29 is 4.79 Å². The Bertz CT molecular complexity index is 642. The molecule has 6 nitrogen and oxygen atoms in total. The van der Waals surface area contributed by atoms with Crippen molar-refractivity contribution in [2.24, 2.45) is 11.7 Å². The lowest BCUT2D eigenvalue weighted by atomic mass is 10.2. The first-order chi connectivity index (χ1) is 8.13. The lowest BCUT2D eigenvalue weighted by molar-refractivity contribution is -0.117. The zero-order valence-corrected chi connectivity index (χ0v) is 8.99. The number of benzene rings is 1. The van der Waals surface area contributed by atoms with E-state index in [9.17, 15) is 9.59 Å². The van der Waals surface area contributed by atoms with Crippen LogP contribution >= 0.6 is 0 Å². The first-order valence-electron chi connectivity index (χ1n) is 5.42. The zero-order chi connectivity index (χ0) is 12.0. The van der Waals surface area contributed by atoms with Crippen LogP contribution in [0.5, 0.6) is 0 Å². The first-order valence-corrected chi connectivity index (χ1v) is 5.42. The van der Waals surface area contributed by atoms with Gasteiger partial charge in [0.25, 0.3) is 0 Å². The number of H-pyrrole nitrogens is 2. The number of carbonyl (C=O) groups is 1. The molecule has 1 aromatic carbocycles. The molecule has 1 saturated carbocycles. The summed E-state index contributed by atoms with van der Waals surface area (Å²) in [4.78, 5) is 28.0. The van der Waals surface area contributed by atoms with Gasteiger partial charge < -0.3 is 21.0 Å². The summed E-state index contributed by atoms with van der Waals surface area (Å²) in [5.74, 6) is -0.134. The fraction of sp³-hybridized carbons (Fsp3) is 0.273. The molecule has 1 amide bonds. The number of nitrogens with one attached hydrogen (secondary N) is 3. The third-order valence-electron chi connectivity index (χ3n) is 2.96. The summed E-state index contributed by atoms with van der Waals surface area (Å²) >= 11 is 0. The van der Waals surface area contributed by atoms with Crippen molar-refractivity contribution in [3.8, 4) is 0 Å². The molecule has 2 aromatic rings. The molecule has 6 heteroatoms. The molecular formula is C11H12N4O2. The topological polar surface area (TPSA) is 104 Å². The van der Waals surface area contributed by atoms with Gasteiger partial charge in [0.15, 0.2) is 0 Å². The maximum atomic E-state index is 11.7. The number of anilines is 1. The quantitative estimate of drug-likeness (QED) is 0.592. The minimum Gasteiger partial charge on any atom is -0.327 e. The van der Waals surface area contributed by atoms with Gasteiger partial charge in [0.2, 0.25) is 5.91 Å². The van der Waals surface area contributed by atoms with Crippen molar-refractivity contribution in [2.75, 3.05) is 5.32 Å². The summed E-state index contributed by atoms with van der Waals surface area (Å²) in [6.07, 6.45) is 0.745. The Labute approximate surface area is 96.2 Å². The van der Waals surface area contributed by atoms with E-state index in [1.54, 1.807) is 18.2 Å². The predicted molar refractivity (Wildman–Crippen MR) is 63.6 cm³/mol. The van der Waals surface area contributed by atoms with E-state index >= 15 is 0 Å². The van der Waals surface area contributed by atoms with Gasteiger partial charge in [-0.25, -0.2) is 4.79 Å². The second kappa shape index (κ2) is 3.46. The number of nitrogens with two attached hydrogens (primary N) is 1. The Balaban J connectivity index is 1.85. The highest BCUT2D eigenvalue weighted by Gasteiger charge is 2.39. The Kier molecular flexibility index (Phi) is 2.05. The van der Waals surface area contributed by atoms with Crippen LogP contribution in [0.4, 0.5) is 5.69 Å².